The molecular weight excluding hydrogens is 418 g/mol. The number of thiazole rings is 1. The Bertz CT molecular complexity index is 1200. The van der Waals surface area contributed by atoms with E-state index in [4.69, 9.17) is 4.74 Å². The van der Waals surface area contributed by atoms with Crippen molar-refractivity contribution in [3.05, 3.63) is 81.9 Å². The van der Waals surface area contributed by atoms with Crippen LogP contribution in [0.15, 0.2) is 60.1 Å². The molecule has 0 bridgehead atoms. The number of aryl methyl sites for hydroxylation is 1. The number of hydrogen-bond acceptors (Lipinski definition) is 4. The van der Waals surface area contributed by atoms with E-state index < -0.39 is 0 Å². The molecule has 1 N–H and O–H groups in total. The molecule has 32 heavy (non-hydrogen) atoms. The summed E-state index contributed by atoms with van der Waals surface area (Å²) in [6, 6.07) is 16.4. The number of nitrogens with one attached hydrogen (secondary N) is 1. The van der Waals surface area contributed by atoms with Gasteiger partial charge in [-0.2, -0.15) is 0 Å². The van der Waals surface area contributed by atoms with Gasteiger partial charge in [-0.05, 0) is 49.4 Å². The van der Waals surface area contributed by atoms with Crippen molar-refractivity contribution in [2.75, 3.05) is 13.1 Å². The second-order valence-electron chi connectivity index (χ2n) is 8.46. The molecule has 1 amide bonds. The standard InChI is InChI=1S/C26H27N3O2S/c1-18-6-8-21(9-7-18)31-16-25-28-20(17-32-25)14-26(30)29-12-10-19(11-13-29)23-15-27-24-5-3-2-4-22(23)24/h2-9,15,17,19,27H,10-14,16H2,1H3. The van der Waals surface area contributed by atoms with Gasteiger partial charge in [0.1, 0.15) is 17.4 Å². The first-order valence-corrected chi connectivity index (χ1v) is 12.0. The van der Waals surface area contributed by atoms with Gasteiger partial charge >= 0.3 is 0 Å². The predicted octanol–water partition coefficient (Wildman–Crippen LogP) is 5.46. The largest absolute Gasteiger partial charge is 0.486 e. The highest BCUT2D eigenvalue weighted by atomic mass is 32.1. The van der Waals surface area contributed by atoms with Gasteiger partial charge in [-0.15, -0.1) is 11.3 Å². The Kier molecular flexibility index (Phi) is 5.95. The van der Waals surface area contributed by atoms with Crippen LogP contribution >= 0.6 is 11.3 Å². The Morgan fingerprint density at radius 1 is 1.16 bits per heavy atom. The zero-order valence-corrected chi connectivity index (χ0v) is 19.0. The van der Waals surface area contributed by atoms with Gasteiger partial charge in [0, 0.05) is 35.6 Å². The van der Waals surface area contributed by atoms with Gasteiger partial charge in [-0.25, -0.2) is 4.98 Å². The number of para-hydroxylation sites is 1. The lowest BCUT2D eigenvalue weighted by Crippen LogP contribution is -2.38. The number of carbonyl (C=O) groups is 1. The van der Waals surface area contributed by atoms with Gasteiger partial charge in [0.15, 0.2) is 0 Å². The van der Waals surface area contributed by atoms with Crippen LogP contribution in [-0.2, 0) is 17.8 Å². The molecule has 0 atom stereocenters. The van der Waals surface area contributed by atoms with E-state index in [2.05, 4.69) is 47.4 Å². The van der Waals surface area contributed by atoms with E-state index in [0.29, 0.717) is 18.9 Å². The van der Waals surface area contributed by atoms with Crippen LogP contribution in [0.2, 0.25) is 0 Å². The van der Waals surface area contributed by atoms with Gasteiger partial charge in [0.25, 0.3) is 0 Å². The second-order valence-corrected chi connectivity index (χ2v) is 9.40. The summed E-state index contributed by atoms with van der Waals surface area (Å²) in [5.41, 5.74) is 4.61. The molecular formula is C26H27N3O2S. The third kappa shape index (κ3) is 4.55. The number of aromatic amines is 1. The summed E-state index contributed by atoms with van der Waals surface area (Å²) in [5.74, 6) is 1.50. The number of ether oxygens (including phenoxy) is 1. The zero-order chi connectivity index (χ0) is 21.9. The Hall–Kier alpha value is -3.12. The Labute approximate surface area is 192 Å². The zero-order valence-electron chi connectivity index (χ0n) is 18.2. The summed E-state index contributed by atoms with van der Waals surface area (Å²) in [5, 5.41) is 4.18. The van der Waals surface area contributed by atoms with Gasteiger partial charge in [0.2, 0.25) is 5.91 Å². The van der Waals surface area contributed by atoms with Crippen molar-refractivity contribution in [3.8, 4) is 5.75 Å². The van der Waals surface area contributed by atoms with Crippen molar-refractivity contribution in [1.29, 1.82) is 0 Å². The van der Waals surface area contributed by atoms with Crippen molar-refractivity contribution in [3.63, 3.8) is 0 Å². The van der Waals surface area contributed by atoms with Crippen LogP contribution in [0, 0.1) is 6.92 Å². The molecule has 3 heterocycles. The van der Waals surface area contributed by atoms with Crippen LogP contribution < -0.4 is 4.74 Å². The van der Waals surface area contributed by atoms with Crippen LogP contribution in [0.4, 0.5) is 0 Å². The second kappa shape index (κ2) is 9.17. The molecule has 0 aliphatic carbocycles. The molecule has 1 aliphatic heterocycles. The number of H-pyrrole nitrogens is 1. The van der Waals surface area contributed by atoms with Crippen LogP contribution in [0.1, 0.15) is 40.6 Å². The van der Waals surface area contributed by atoms with Crippen LogP contribution in [0.3, 0.4) is 0 Å². The molecule has 0 unspecified atom stereocenters. The van der Waals surface area contributed by atoms with Crippen molar-refractivity contribution >= 4 is 28.1 Å². The molecule has 6 heteroatoms. The first-order valence-electron chi connectivity index (χ1n) is 11.1. The Morgan fingerprint density at radius 3 is 2.75 bits per heavy atom. The first kappa shape index (κ1) is 20.8. The number of carbonyl (C=O) groups excluding carboxylic acids is 1. The fraction of sp³-hybridized carbons (Fsp3) is 0.308. The number of benzene rings is 2. The smallest absolute Gasteiger partial charge is 0.228 e. The molecule has 5 rings (SSSR count). The fourth-order valence-electron chi connectivity index (χ4n) is 4.41. The summed E-state index contributed by atoms with van der Waals surface area (Å²) >= 11 is 1.55. The average molecular weight is 446 g/mol. The van der Waals surface area contributed by atoms with Crippen molar-refractivity contribution in [1.82, 2.24) is 14.9 Å². The molecule has 1 aliphatic rings. The lowest BCUT2D eigenvalue weighted by molar-refractivity contribution is -0.131. The number of piperidine rings is 1. The van der Waals surface area contributed by atoms with Gasteiger partial charge < -0.3 is 14.6 Å². The van der Waals surface area contributed by atoms with Gasteiger partial charge in [-0.1, -0.05) is 35.9 Å². The number of fused-ring (bicyclic) bond motifs is 1. The number of aromatic nitrogens is 2. The van der Waals surface area contributed by atoms with E-state index >= 15 is 0 Å². The van der Waals surface area contributed by atoms with Gasteiger partial charge in [0.05, 0.1) is 12.1 Å². The number of amides is 1. The van der Waals surface area contributed by atoms with Crippen LogP contribution in [-0.4, -0.2) is 33.9 Å². The van der Waals surface area contributed by atoms with Crippen LogP contribution in [0.25, 0.3) is 10.9 Å². The molecule has 0 spiro atoms. The fourth-order valence-corrected chi connectivity index (χ4v) is 5.12. The highest BCUT2D eigenvalue weighted by Crippen LogP contribution is 2.33. The summed E-state index contributed by atoms with van der Waals surface area (Å²) in [6.07, 6.45) is 4.50. The first-order chi connectivity index (χ1) is 15.7. The lowest BCUT2D eigenvalue weighted by Gasteiger charge is -2.32. The summed E-state index contributed by atoms with van der Waals surface area (Å²) in [7, 11) is 0. The predicted molar refractivity (Wildman–Crippen MR) is 128 cm³/mol. The molecule has 0 radical (unpaired) electrons. The number of nitrogens with zero attached hydrogens (tertiary/aromatic N) is 2. The normalized spacial score (nSPS) is 14.7. The summed E-state index contributed by atoms with van der Waals surface area (Å²) in [6.45, 7) is 4.09. The molecule has 2 aromatic carbocycles. The Balaban J connectivity index is 1.13. The van der Waals surface area contributed by atoms with E-state index in [1.54, 1.807) is 11.3 Å². The maximum absolute atomic E-state index is 12.8. The third-order valence-corrected chi connectivity index (χ3v) is 7.09. The number of rotatable bonds is 6. The van der Waals surface area contributed by atoms with Crippen molar-refractivity contribution in [2.24, 2.45) is 0 Å². The van der Waals surface area contributed by atoms with E-state index in [9.17, 15) is 4.79 Å². The van der Waals surface area contributed by atoms with E-state index in [1.165, 1.54) is 22.0 Å². The maximum atomic E-state index is 12.8. The topological polar surface area (TPSA) is 58.2 Å². The minimum absolute atomic E-state index is 0.165. The number of hydrogen-bond donors (Lipinski definition) is 1. The van der Waals surface area contributed by atoms with Crippen molar-refractivity contribution in [2.45, 2.75) is 38.7 Å². The number of likely N-dealkylation sites (tertiary alicyclic amines) is 1. The maximum Gasteiger partial charge on any atom is 0.228 e. The minimum atomic E-state index is 0.165. The molecule has 1 saturated heterocycles. The minimum Gasteiger partial charge on any atom is -0.486 e. The lowest BCUT2D eigenvalue weighted by atomic mass is 9.89. The molecule has 2 aromatic heterocycles. The monoisotopic (exact) mass is 445 g/mol. The van der Waals surface area contributed by atoms with E-state index in [-0.39, 0.29) is 5.91 Å². The molecule has 1 fully saturated rings. The molecule has 4 aromatic rings. The highest BCUT2D eigenvalue weighted by Gasteiger charge is 2.25. The summed E-state index contributed by atoms with van der Waals surface area (Å²) in [4.78, 5) is 22.8. The molecule has 5 nitrogen and oxygen atoms in total. The average Bonchev–Trinajstić information content (AvgIpc) is 3.46. The van der Waals surface area contributed by atoms with E-state index in [0.717, 1.165) is 42.4 Å². The SMILES string of the molecule is Cc1ccc(OCc2nc(CC(=O)N3CCC(c4c[nH]c5ccccc45)CC3)cs2)cc1. The third-order valence-electron chi connectivity index (χ3n) is 6.22. The van der Waals surface area contributed by atoms with E-state index in [1.807, 2.05) is 34.5 Å². The van der Waals surface area contributed by atoms with Crippen molar-refractivity contribution < 1.29 is 9.53 Å². The molecule has 164 valence electrons. The Morgan fingerprint density at radius 2 is 1.94 bits per heavy atom. The van der Waals surface area contributed by atoms with Crippen LogP contribution in [0.5, 0.6) is 5.75 Å². The van der Waals surface area contributed by atoms with Gasteiger partial charge in [-0.3, -0.25) is 4.79 Å². The highest BCUT2D eigenvalue weighted by molar-refractivity contribution is 7.09. The quantitative estimate of drug-likeness (QED) is 0.429. The molecule has 0 saturated carbocycles. The summed E-state index contributed by atoms with van der Waals surface area (Å²) < 4.78 is 5.81.